The first-order chi connectivity index (χ1) is 15.5. The van der Waals surface area contributed by atoms with Crippen LogP contribution in [-0.4, -0.2) is 42.9 Å². The maximum absolute atomic E-state index is 13.3. The van der Waals surface area contributed by atoms with Gasteiger partial charge in [-0.05, 0) is 48.7 Å². The summed E-state index contributed by atoms with van der Waals surface area (Å²) in [5, 5.41) is 0. The van der Waals surface area contributed by atoms with Gasteiger partial charge in [-0.2, -0.15) is 0 Å². The van der Waals surface area contributed by atoms with E-state index in [0.717, 1.165) is 11.3 Å². The summed E-state index contributed by atoms with van der Waals surface area (Å²) in [6.07, 6.45) is 0. The highest BCUT2D eigenvalue weighted by Gasteiger charge is 2.30. The van der Waals surface area contributed by atoms with Crippen LogP contribution in [0.25, 0.3) is 0 Å². The molecule has 1 aliphatic rings. The van der Waals surface area contributed by atoms with E-state index in [-0.39, 0.29) is 0 Å². The smallest absolute Gasteiger partial charge is 0.316 e. The number of carbonyl (C=O) groups excluding carboxylic acids is 2. The Bertz CT molecular complexity index is 1070. The third-order valence-electron chi connectivity index (χ3n) is 6.16. The summed E-state index contributed by atoms with van der Waals surface area (Å²) in [5.74, 6) is -0.925. The Balaban J connectivity index is 1.47. The van der Waals surface area contributed by atoms with Gasteiger partial charge in [0.2, 0.25) is 0 Å². The summed E-state index contributed by atoms with van der Waals surface area (Å²) < 4.78 is 0. The number of anilines is 2. The van der Waals surface area contributed by atoms with Gasteiger partial charge in [-0.25, -0.2) is 0 Å². The minimum atomic E-state index is -0.486. The van der Waals surface area contributed by atoms with Crippen LogP contribution in [0.2, 0.25) is 0 Å². The fourth-order valence-corrected chi connectivity index (χ4v) is 4.13. The first kappa shape index (κ1) is 21.6. The lowest BCUT2D eigenvalue weighted by Crippen LogP contribution is -2.53. The maximum Gasteiger partial charge on any atom is 0.316 e. The number of para-hydroxylation sites is 1. The molecule has 1 saturated heterocycles. The highest BCUT2D eigenvalue weighted by molar-refractivity contribution is 6.40. The maximum atomic E-state index is 13.3. The molecule has 0 spiro atoms. The lowest BCUT2D eigenvalue weighted by molar-refractivity contribution is -0.144. The zero-order valence-electron chi connectivity index (χ0n) is 18.7. The minimum absolute atomic E-state index is 0.359. The number of piperazine rings is 1. The Morgan fingerprint density at radius 1 is 0.781 bits per heavy atom. The third kappa shape index (κ3) is 4.67. The first-order valence-corrected chi connectivity index (χ1v) is 11.1. The molecule has 32 heavy (non-hydrogen) atoms. The van der Waals surface area contributed by atoms with Gasteiger partial charge in [-0.3, -0.25) is 14.5 Å². The van der Waals surface area contributed by atoms with Crippen molar-refractivity contribution in [1.29, 1.82) is 0 Å². The van der Waals surface area contributed by atoms with E-state index in [1.807, 2.05) is 60.7 Å². The summed E-state index contributed by atoms with van der Waals surface area (Å²) in [6.45, 7) is 7.10. The zero-order chi connectivity index (χ0) is 22.5. The van der Waals surface area contributed by atoms with Gasteiger partial charge in [-0.15, -0.1) is 0 Å². The van der Waals surface area contributed by atoms with Crippen LogP contribution in [0.1, 0.15) is 16.7 Å². The van der Waals surface area contributed by atoms with Crippen molar-refractivity contribution in [3.8, 4) is 0 Å². The van der Waals surface area contributed by atoms with Crippen LogP contribution < -0.4 is 9.80 Å². The van der Waals surface area contributed by atoms with Crippen LogP contribution in [0.15, 0.2) is 78.9 Å². The average Bonchev–Trinajstić information content (AvgIpc) is 2.85. The van der Waals surface area contributed by atoms with Gasteiger partial charge in [0.15, 0.2) is 0 Å². The molecule has 1 fully saturated rings. The molecule has 2 amide bonds. The molecule has 0 radical (unpaired) electrons. The van der Waals surface area contributed by atoms with Crippen molar-refractivity contribution in [2.75, 3.05) is 36.0 Å². The summed E-state index contributed by atoms with van der Waals surface area (Å²) in [6, 6.07) is 25.5. The second-order valence-corrected chi connectivity index (χ2v) is 8.21. The van der Waals surface area contributed by atoms with Crippen LogP contribution in [0.3, 0.4) is 0 Å². The molecule has 0 N–H and O–H groups in total. The summed E-state index contributed by atoms with van der Waals surface area (Å²) in [7, 11) is 0. The van der Waals surface area contributed by atoms with Crippen LogP contribution >= 0.6 is 0 Å². The fraction of sp³-hybridized carbons (Fsp3) is 0.259. The van der Waals surface area contributed by atoms with Crippen molar-refractivity contribution in [2.45, 2.75) is 20.4 Å². The quantitative estimate of drug-likeness (QED) is 0.587. The SMILES string of the molecule is Cc1cccc(N2CCN(C(=O)C(=O)N(Cc3ccccc3)c3ccccc3)CC2)c1C. The van der Waals surface area contributed by atoms with E-state index >= 15 is 0 Å². The van der Waals surface area contributed by atoms with E-state index in [4.69, 9.17) is 0 Å². The monoisotopic (exact) mass is 427 g/mol. The van der Waals surface area contributed by atoms with Crippen LogP contribution in [0.4, 0.5) is 11.4 Å². The molecule has 1 heterocycles. The minimum Gasteiger partial charge on any atom is -0.368 e. The van der Waals surface area contributed by atoms with E-state index in [9.17, 15) is 9.59 Å². The van der Waals surface area contributed by atoms with Gasteiger partial charge < -0.3 is 9.80 Å². The van der Waals surface area contributed by atoms with Crippen molar-refractivity contribution in [2.24, 2.45) is 0 Å². The lowest BCUT2D eigenvalue weighted by atomic mass is 10.1. The molecular formula is C27H29N3O2. The highest BCUT2D eigenvalue weighted by Crippen LogP contribution is 2.24. The Hall–Kier alpha value is -3.60. The Labute approximate surface area is 189 Å². The lowest BCUT2D eigenvalue weighted by Gasteiger charge is -2.37. The number of hydrogen-bond donors (Lipinski definition) is 0. The zero-order valence-corrected chi connectivity index (χ0v) is 18.7. The average molecular weight is 428 g/mol. The number of aryl methyl sites for hydroxylation is 1. The van der Waals surface area contributed by atoms with Gasteiger partial charge in [0.1, 0.15) is 0 Å². The number of benzene rings is 3. The second kappa shape index (κ2) is 9.69. The van der Waals surface area contributed by atoms with Crippen molar-refractivity contribution in [3.05, 3.63) is 95.6 Å². The highest BCUT2D eigenvalue weighted by atomic mass is 16.2. The molecule has 3 aromatic rings. The van der Waals surface area contributed by atoms with E-state index in [1.165, 1.54) is 16.8 Å². The van der Waals surface area contributed by atoms with Crippen molar-refractivity contribution in [1.82, 2.24) is 4.90 Å². The molecule has 4 rings (SSSR count). The number of carbonyl (C=O) groups is 2. The normalized spacial score (nSPS) is 13.7. The molecule has 1 aliphatic heterocycles. The molecule has 3 aromatic carbocycles. The number of nitrogens with zero attached hydrogens (tertiary/aromatic N) is 3. The summed E-state index contributed by atoms with van der Waals surface area (Å²) in [4.78, 5) is 32.1. The molecule has 5 heteroatoms. The van der Waals surface area contributed by atoms with Crippen LogP contribution in [0.5, 0.6) is 0 Å². The summed E-state index contributed by atoms with van der Waals surface area (Å²) >= 11 is 0. The topological polar surface area (TPSA) is 43.9 Å². The Kier molecular flexibility index (Phi) is 6.55. The molecule has 0 atom stereocenters. The van der Waals surface area contributed by atoms with E-state index < -0.39 is 11.8 Å². The molecule has 0 bridgehead atoms. The number of amides is 2. The van der Waals surface area contributed by atoms with Crippen LogP contribution in [0, 0.1) is 13.8 Å². The molecule has 0 unspecified atom stereocenters. The predicted octanol–water partition coefficient (Wildman–Crippen LogP) is 4.19. The number of hydrogen-bond acceptors (Lipinski definition) is 3. The van der Waals surface area contributed by atoms with Crippen LogP contribution in [-0.2, 0) is 16.1 Å². The largest absolute Gasteiger partial charge is 0.368 e. The van der Waals surface area contributed by atoms with Gasteiger partial charge in [0.05, 0.1) is 6.54 Å². The van der Waals surface area contributed by atoms with Gasteiger partial charge in [0.25, 0.3) is 0 Å². The van der Waals surface area contributed by atoms with E-state index in [1.54, 1.807) is 9.80 Å². The standard InChI is InChI=1S/C27H29N3O2/c1-21-10-9-15-25(22(21)2)28-16-18-29(19-17-28)26(31)27(32)30(24-13-7-4-8-14-24)20-23-11-5-3-6-12-23/h3-15H,16-20H2,1-2H3. The van der Waals surface area contributed by atoms with Gasteiger partial charge in [0, 0.05) is 37.6 Å². The van der Waals surface area contributed by atoms with E-state index in [0.29, 0.717) is 32.7 Å². The van der Waals surface area contributed by atoms with Crippen molar-refractivity contribution in [3.63, 3.8) is 0 Å². The summed E-state index contributed by atoms with van der Waals surface area (Å²) in [5.41, 5.74) is 5.44. The molecule has 0 aliphatic carbocycles. The third-order valence-corrected chi connectivity index (χ3v) is 6.16. The Morgan fingerprint density at radius 3 is 2.06 bits per heavy atom. The van der Waals surface area contributed by atoms with Gasteiger partial charge in [-0.1, -0.05) is 60.7 Å². The molecular weight excluding hydrogens is 398 g/mol. The van der Waals surface area contributed by atoms with Crippen molar-refractivity contribution < 1.29 is 9.59 Å². The van der Waals surface area contributed by atoms with E-state index in [2.05, 4.69) is 36.9 Å². The van der Waals surface area contributed by atoms with Crippen molar-refractivity contribution >= 4 is 23.2 Å². The molecule has 0 saturated carbocycles. The first-order valence-electron chi connectivity index (χ1n) is 11.1. The molecule has 164 valence electrons. The Morgan fingerprint density at radius 2 is 1.41 bits per heavy atom. The fourth-order valence-electron chi connectivity index (χ4n) is 4.13. The molecule has 5 nitrogen and oxygen atoms in total. The number of rotatable bonds is 4. The van der Waals surface area contributed by atoms with Gasteiger partial charge >= 0.3 is 11.8 Å². The molecule has 0 aromatic heterocycles. The second-order valence-electron chi connectivity index (χ2n) is 8.21. The predicted molar refractivity (Wildman–Crippen MR) is 129 cm³/mol.